The van der Waals surface area contributed by atoms with Gasteiger partial charge in [-0.3, -0.25) is 14.4 Å². The lowest BCUT2D eigenvalue weighted by atomic mass is 9.93. The number of carbonyl (C=O) groups is 3. The number of aromatic nitrogens is 3. The molecule has 13 nitrogen and oxygen atoms in total. The Morgan fingerprint density at radius 2 is 1.44 bits per heavy atom. The Balaban J connectivity index is 1.06. The minimum Gasteiger partial charge on any atom is -0.458 e. The predicted molar refractivity (Wildman–Crippen MR) is 219 cm³/mol. The van der Waals surface area contributed by atoms with Gasteiger partial charge in [-0.05, 0) is 102 Å². The molecule has 0 atom stereocenters. The number of carbonyl (C=O) groups excluding carboxylic acids is 3. The zero-order valence-corrected chi connectivity index (χ0v) is 32.9. The normalized spacial score (nSPS) is 12.9. The number of halogens is 1. The van der Waals surface area contributed by atoms with E-state index in [1.54, 1.807) is 48.5 Å². The van der Waals surface area contributed by atoms with Crippen LogP contribution >= 0.6 is 11.6 Å². The maximum absolute atomic E-state index is 13.1. The van der Waals surface area contributed by atoms with E-state index in [4.69, 9.17) is 21.6 Å². The summed E-state index contributed by atoms with van der Waals surface area (Å²) in [4.78, 5) is 51.7. The molecule has 0 bridgehead atoms. The maximum Gasteiger partial charge on any atom is 0.323 e. The minimum atomic E-state index is -0.834. The van der Waals surface area contributed by atoms with Crippen molar-refractivity contribution in [1.29, 1.82) is 5.26 Å². The van der Waals surface area contributed by atoms with Crippen molar-refractivity contribution in [3.8, 4) is 12.1 Å². The van der Waals surface area contributed by atoms with Gasteiger partial charge in [0, 0.05) is 35.1 Å². The number of rotatable bonds is 15. The summed E-state index contributed by atoms with van der Waals surface area (Å²) in [5.41, 5.74) is 4.30. The fraction of sp³-hybridized carbons (Fsp3) is 0.279. The van der Waals surface area contributed by atoms with Crippen molar-refractivity contribution in [1.82, 2.24) is 25.6 Å². The van der Waals surface area contributed by atoms with Crippen LogP contribution < -0.4 is 31.3 Å². The molecule has 3 amide bonds. The van der Waals surface area contributed by atoms with Gasteiger partial charge >= 0.3 is 17.8 Å². The highest BCUT2D eigenvalue weighted by molar-refractivity contribution is 6.39. The van der Waals surface area contributed by atoms with Gasteiger partial charge in [-0.1, -0.05) is 75.7 Å². The van der Waals surface area contributed by atoms with E-state index < -0.39 is 17.2 Å². The number of amides is 3. The Bertz CT molecular complexity index is 2250. The van der Waals surface area contributed by atoms with Crippen LogP contribution in [0.15, 0.2) is 97.1 Å². The van der Waals surface area contributed by atoms with Crippen molar-refractivity contribution < 1.29 is 19.1 Å². The van der Waals surface area contributed by atoms with Crippen molar-refractivity contribution in [3.63, 3.8) is 0 Å². The van der Waals surface area contributed by atoms with E-state index >= 15 is 0 Å². The monoisotopic (exact) mass is 785 g/mol. The largest absolute Gasteiger partial charge is 0.458 e. The Morgan fingerprint density at radius 1 is 0.807 bits per heavy atom. The average Bonchev–Trinajstić information content (AvgIpc) is 3.99. The average molecular weight is 786 g/mol. The quantitative estimate of drug-likeness (QED) is 0.0668. The predicted octanol–water partition coefficient (Wildman–Crippen LogP) is 7.45. The molecule has 5 aromatic rings. The van der Waals surface area contributed by atoms with Gasteiger partial charge in [0.05, 0.1) is 17.2 Å². The minimum absolute atomic E-state index is 0.134. The van der Waals surface area contributed by atoms with Crippen molar-refractivity contribution in [2.24, 2.45) is 5.41 Å². The molecule has 0 radical (unpaired) electrons. The van der Waals surface area contributed by atoms with Gasteiger partial charge in [0.2, 0.25) is 11.9 Å². The molecule has 1 heterocycles. The van der Waals surface area contributed by atoms with Gasteiger partial charge in [0.15, 0.2) is 0 Å². The van der Waals surface area contributed by atoms with Gasteiger partial charge in [0.25, 0.3) is 5.91 Å². The first-order valence-corrected chi connectivity index (χ1v) is 18.9. The standard InChI is InChI=1S/C43H44ClN9O4/c1-27(2)30-9-5-29(6-10-30)24-57-41-51-39(50-40(52-41)53-43(21-22-43)32-13-15-33(44)16-14-32)49-35-19-11-31(12-20-35)36(54)46-25-42(3,4)26-47-37(55)38(56)48-34-17-7-28(23-45)8-18-34/h5-20,27H,21-22,24-26H2,1-4H3,(H,46,54)(H,47,55)(H,48,56)(H2,49,50,51,52,53). The number of nitrogens with one attached hydrogen (secondary N) is 5. The third-order valence-corrected chi connectivity index (χ3v) is 9.72. The molecule has 1 saturated carbocycles. The molecule has 6 rings (SSSR count). The summed E-state index contributed by atoms with van der Waals surface area (Å²) in [5, 5.41) is 24.3. The van der Waals surface area contributed by atoms with Gasteiger partial charge in [-0.25, -0.2) is 0 Å². The van der Waals surface area contributed by atoms with E-state index in [0.717, 1.165) is 24.0 Å². The van der Waals surface area contributed by atoms with Crippen LogP contribution in [0.3, 0.4) is 0 Å². The number of nitriles is 1. The topological polar surface area (TPSA) is 183 Å². The second-order valence-electron chi connectivity index (χ2n) is 15.0. The second-order valence-corrected chi connectivity index (χ2v) is 15.5. The molecule has 4 aromatic carbocycles. The van der Waals surface area contributed by atoms with E-state index in [9.17, 15) is 14.4 Å². The third-order valence-electron chi connectivity index (χ3n) is 9.46. The molecular weight excluding hydrogens is 742 g/mol. The number of nitrogens with zero attached hydrogens (tertiary/aromatic N) is 4. The molecule has 0 aliphatic heterocycles. The Morgan fingerprint density at radius 3 is 2.07 bits per heavy atom. The third kappa shape index (κ3) is 11.0. The van der Waals surface area contributed by atoms with Crippen molar-refractivity contribution in [2.45, 2.75) is 58.6 Å². The van der Waals surface area contributed by atoms with E-state index in [0.29, 0.717) is 39.4 Å². The molecule has 292 valence electrons. The molecule has 1 aromatic heterocycles. The summed E-state index contributed by atoms with van der Waals surface area (Å²) >= 11 is 6.16. The number of hydrogen-bond donors (Lipinski definition) is 5. The highest BCUT2D eigenvalue weighted by Gasteiger charge is 2.45. The second kappa shape index (κ2) is 17.5. The molecule has 1 aliphatic carbocycles. The van der Waals surface area contributed by atoms with Gasteiger partial charge in [0.1, 0.15) is 6.61 Å². The fourth-order valence-electron chi connectivity index (χ4n) is 5.81. The van der Waals surface area contributed by atoms with Crippen LogP contribution in [0.4, 0.5) is 23.3 Å². The molecule has 57 heavy (non-hydrogen) atoms. The number of hydrogen-bond acceptors (Lipinski definition) is 10. The summed E-state index contributed by atoms with van der Waals surface area (Å²) in [5.74, 6) is -0.915. The molecule has 0 unspecified atom stereocenters. The van der Waals surface area contributed by atoms with E-state index in [1.165, 1.54) is 5.56 Å². The van der Waals surface area contributed by atoms with Crippen LogP contribution in [0.2, 0.25) is 5.02 Å². The zero-order chi connectivity index (χ0) is 40.6. The SMILES string of the molecule is CC(C)c1ccc(COc2nc(Nc3ccc(C(=O)NCC(C)(C)CNC(=O)C(=O)Nc4ccc(C#N)cc4)cc3)nc(NC3(c4ccc(Cl)cc4)CC3)n2)cc1. The van der Waals surface area contributed by atoms with Crippen LogP contribution in [0.1, 0.15) is 79.1 Å². The number of anilines is 4. The summed E-state index contributed by atoms with van der Waals surface area (Å²) in [6.07, 6.45) is 1.80. The van der Waals surface area contributed by atoms with Crippen molar-refractivity contribution in [2.75, 3.05) is 29.0 Å². The van der Waals surface area contributed by atoms with Crippen LogP contribution in [0.5, 0.6) is 6.01 Å². The van der Waals surface area contributed by atoms with E-state index in [1.807, 2.05) is 56.3 Å². The number of ether oxygens (including phenoxy) is 1. The molecule has 5 N–H and O–H groups in total. The molecular formula is C43H44ClN9O4. The fourth-order valence-corrected chi connectivity index (χ4v) is 5.93. The van der Waals surface area contributed by atoms with Crippen LogP contribution in [-0.2, 0) is 21.7 Å². The highest BCUT2D eigenvalue weighted by Crippen LogP contribution is 2.48. The van der Waals surface area contributed by atoms with Gasteiger partial charge in [-0.2, -0.15) is 20.2 Å². The Hall–Kier alpha value is -6.52. The molecule has 0 saturated heterocycles. The van der Waals surface area contributed by atoms with Gasteiger partial charge in [-0.15, -0.1) is 0 Å². The van der Waals surface area contributed by atoms with Crippen LogP contribution in [0.25, 0.3) is 0 Å². The first-order chi connectivity index (χ1) is 27.3. The lowest BCUT2D eigenvalue weighted by molar-refractivity contribution is -0.136. The highest BCUT2D eigenvalue weighted by atomic mass is 35.5. The van der Waals surface area contributed by atoms with Crippen molar-refractivity contribution in [3.05, 3.63) is 130 Å². The summed E-state index contributed by atoms with van der Waals surface area (Å²) < 4.78 is 6.08. The molecule has 1 aliphatic rings. The first-order valence-electron chi connectivity index (χ1n) is 18.6. The van der Waals surface area contributed by atoms with Crippen LogP contribution in [-0.4, -0.2) is 45.8 Å². The zero-order valence-electron chi connectivity index (χ0n) is 32.2. The summed E-state index contributed by atoms with van der Waals surface area (Å²) in [7, 11) is 0. The molecule has 1 fully saturated rings. The van der Waals surface area contributed by atoms with Gasteiger partial charge < -0.3 is 31.3 Å². The Kier molecular flexibility index (Phi) is 12.3. The van der Waals surface area contributed by atoms with Crippen LogP contribution in [0, 0.1) is 16.7 Å². The van der Waals surface area contributed by atoms with E-state index in [-0.39, 0.29) is 43.1 Å². The summed E-state index contributed by atoms with van der Waals surface area (Å²) in [6.45, 7) is 8.65. The Labute approximate surface area is 336 Å². The molecule has 0 spiro atoms. The number of benzene rings is 4. The maximum atomic E-state index is 13.1. The lowest BCUT2D eigenvalue weighted by Crippen LogP contribution is -2.44. The lowest BCUT2D eigenvalue weighted by Gasteiger charge is -2.25. The first kappa shape index (κ1) is 40.2. The molecule has 14 heteroatoms. The van der Waals surface area contributed by atoms with Crippen molar-refractivity contribution >= 4 is 52.6 Å². The summed E-state index contributed by atoms with van der Waals surface area (Å²) in [6, 6.07) is 31.2. The smallest absolute Gasteiger partial charge is 0.323 e. The van der Waals surface area contributed by atoms with E-state index in [2.05, 4.69) is 67.5 Å².